The maximum absolute atomic E-state index is 12.5. The molecule has 0 saturated carbocycles. The van der Waals surface area contributed by atoms with Crippen LogP contribution in [0.5, 0.6) is 0 Å². The van der Waals surface area contributed by atoms with Gasteiger partial charge >= 0.3 is 0 Å². The molecule has 14 heavy (non-hydrogen) atoms. The van der Waals surface area contributed by atoms with E-state index in [0.29, 0.717) is 0 Å². The fraction of sp³-hybridized carbons (Fsp3) is 0.167. The number of nitrogens with two attached hydrogens (primary N) is 1. The fourth-order valence-corrected chi connectivity index (χ4v) is 2.49. The van der Waals surface area contributed by atoms with Gasteiger partial charge in [-0.25, -0.2) is 27.3 Å². The maximum Gasteiger partial charge on any atom is 0.267 e. The zero-order valence-corrected chi connectivity index (χ0v) is 9.59. The van der Waals surface area contributed by atoms with Crippen LogP contribution in [0.25, 0.3) is 0 Å². The van der Waals surface area contributed by atoms with E-state index >= 15 is 0 Å². The Hall–Kier alpha value is -0.350. The van der Waals surface area contributed by atoms with Gasteiger partial charge in [-0.3, -0.25) is 0 Å². The molecule has 1 aromatic heterocycles. The number of primary sulfonamides is 1. The van der Waals surface area contributed by atoms with E-state index in [1.165, 1.54) is 22.6 Å². The number of aromatic nitrogens is 1. The topological polar surface area (TPSA) is 73.1 Å². The van der Waals surface area contributed by atoms with Crippen LogP contribution in [0, 0.1) is 3.70 Å². The molecule has 8 heteroatoms. The molecule has 0 spiro atoms. The lowest BCUT2D eigenvalue weighted by atomic mass is 10.3. The van der Waals surface area contributed by atoms with Crippen LogP contribution < -0.4 is 5.14 Å². The first-order chi connectivity index (χ1) is 6.34. The third kappa shape index (κ3) is 2.36. The molecule has 0 saturated heterocycles. The highest BCUT2D eigenvalue weighted by atomic mass is 127. The fourth-order valence-electron chi connectivity index (χ4n) is 0.877. The van der Waals surface area contributed by atoms with Crippen LogP contribution in [0.15, 0.2) is 17.2 Å². The molecule has 0 bridgehead atoms. The molecule has 0 atom stereocenters. The number of alkyl halides is 2. The van der Waals surface area contributed by atoms with Crippen molar-refractivity contribution >= 4 is 32.6 Å². The molecule has 4 nitrogen and oxygen atoms in total. The lowest BCUT2D eigenvalue weighted by Gasteiger charge is -2.07. The van der Waals surface area contributed by atoms with Crippen LogP contribution in [0.1, 0.15) is 12.0 Å². The minimum atomic E-state index is -4.13. The molecular formula is C6H5F2IN2O2S. The molecule has 1 rings (SSSR count). The van der Waals surface area contributed by atoms with Crippen molar-refractivity contribution in [1.29, 1.82) is 0 Å². The third-order valence-corrected chi connectivity index (χ3v) is 3.25. The van der Waals surface area contributed by atoms with Gasteiger partial charge in [-0.1, -0.05) is 0 Å². The van der Waals surface area contributed by atoms with Crippen molar-refractivity contribution < 1.29 is 17.2 Å². The summed E-state index contributed by atoms with van der Waals surface area (Å²) in [4.78, 5) is 2.98. The second-order valence-corrected chi connectivity index (χ2v) is 4.91. The number of nitrogens with zero attached hydrogens (tertiary/aromatic N) is 1. The zero-order valence-electron chi connectivity index (χ0n) is 6.62. The van der Waals surface area contributed by atoms with Gasteiger partial charge in [-0.05, 0) is 28.7 Å². The Kier molecular flexibility index (Phi) is 3.37. The highest BCUT2D eigenvalue weighted by Crippen LogP contribution is 2.28. The number of hydrogen-bond acceptors (Lipinski definition) is 3. The molecule has 0 fully saturated rings. The molecule has 1 heterocycles. The van der Waals surface area contributed by atoms with Crippen LogP contribution in [0.4, 0.5) is 8.78 Å². The number of hydrogen-bond donors (Lipinski definition) is 1. The third-order valence-electron chi connectivity index (χ3n) is 1.43. The molecule has 0 aliphatic heterocycles. The summed E-state index contributed by atoms with van der Waals surface area (Å²) < 4.78 is 46.7. The highest BCUT2D eigenvalue weighted by Gasteiger charge is 2.23. The molecule has 78 valence electrons. The van der Waals surface area contributed by atoms with E-state index < -0.39 is 26.9 Å². The monoisotopic (exact) mass is 334 g/mol. The Morgan fingerprint density at radius 2 is 2.07 bits per heavy atom. The molecule has 0 aliphatic rings. The Morgan fingerprint density at radius 3 is 2.43 bits per heavy atom. The zero-order chi connectivity index (χ0) is 10.9. The first-order valence-electron chi connectivity index (χ1n) is 3.29. The predicted octanol–water partition coefficient (Wildman–Crippen LogP) is 1.27. The average molecular weight is 334 g/mol. The number of sulfonamides is 1. The summed E-state index contributed by atoms with van der Waals surface area (Å²) in [7, 11) is -4.13. The van der Waals surface area contributed by atoms with Gasteiger partial charge in [0.05, 0.1) is 10.5 Å². The van der Waals surface area contributed by atoms with Gasteiger partial charge in [0, 0.05) is 6.20 Å². The first kappa shape index (κ1) is 11.7. The first-order valence-corrected chi connectivity index (χ1v) is 5.92. The summed E-state index contributed by atoms with van der Waals surface area (Å²) in [5, 5.41) is 4.77. The summed E-state index contributed by atoms with van der Waals surface area (Å²) in [5.41, 5.74) is -0.643. The quantitative estimate of drug-likeness (QED) is 0.654. The highest BCUT2D eigenvalue weighted by molar-refractivity contribution is 14.1. The summed E-state index contributed by atoms with van der Waals surface area (Å²) in [6, 6.07) is 0.957. The van der Waals surface area contributed by atoms with Crippen molar-refractivity contribution in [3.8, 4) is 0 Å². The van der Waals surface area contributed by atoms with E-state index in [9.17, 15) is 17.2 Å². The Bertz CT molecular complexity index is 449. The van der Waals surface area contributed by atoms with Crippen LogP contribution >= 0.6 is 22.6 Å². The van der Waals surface area contributed by atoms with Gasteiger partial charge in [0.15, 0.2) is 0 Å². The van der Waals surface area contributed by atoms with Crippen LogP contribution in [0.2, 0.25) is 0 Å². The normalized spacial score (nSPS) is 12.1. The van der Waals surface area contributed by atoms with Gasteiger partial charge in [-0.2, -0.15) is 0 Å². The summed E-state index contributed by atoms with van der Waals surface area (Å²) in [5.74, 6) is 0. The van der Waals surface area contributed by atoms with E-state index in [-0.39, 0.29) is 3.70 Å². The predicted molar refractivity (Wildman–Crippen MR) is 53.3 cm³/mol. The number of rotatable bonds is 2. The number of pyridine rings is 1. The SMILES string of the molecule is NS(=O)(=O)c1ccnc(I)c1C(F)F. The van der Waals surface area contributed by atoms with E-state index in [0.717, 1.165) is 12.3 Å². The maximum atomic E-state index is 12.5. The van der Waals surface area contributed by atoms with Gasteiger partial charge in [0.25, 0.3) is 6.43 Å². The minimum absolute atomic E-state index is 0.0656. The molecule has 0 aromatic carbocycles. The average Bonchev–Trinajstić information content (AvgIpc) is 2.01. The van der Waals surface area contributed by atoms with E-state index in [1.54, 1.807) is 0 Å². The van der Waals surface area contributed by atoms with Gasteiger partial charge in [-0.15, -0.1) is 0 Å². The minimum Gasteiger partial charge on any atom is -0.250 e. The molecular weight excluding hydrogens is 329 g/mol. The van der Waals surface area contributed by atoms with Crippen molar-refractivity contribution in [3.63, 3.8) is 0 Å². The summed E-state index contributed by atoms with van der Waals surface area (Å²) >= 11 is 1.53. The smallest absolute Gasteiger partial charge is 0.250 e. The Morgan fingerprint density at radius 1 is 1.50 bits per heavy atom. The Labute approximate surface area is 92.7 Å². The van der Waals surface area contributed by atoms with E-state index in [1.807, 2.05) is 0 Å². The standard InChI is InChI=1S/C6H5F2IN2O2S/c7-5(8)4-3(14(10,12)13)1-2-11-6(4)9/h1-2,5H,(H2,10,12,13). The second kappa shape index (κ2) is 4.03. The number of halogens is 3. The molecule has 0 aliphatic carbocycles. The van der Waals surface area contributed by atoms with Gasteiger partial charge in [0.1, 0.15) is 3.70 Å². The van der Waals surface area contributed by atoms with Crippen molar-refractivity contribution in [3.05, 3.63) is 21.5 Å². The van der Waals surface area contributed by atoms with Gasteiger partial charge in [0.2, 0.25) is 10.0 Å². The van der Waals surface area contributed by atoms with Crippen molar-refractivity contribution in [2.45, 2.75) is 11.3 Å². The van der Waals surface area contributed by atoms with Crippen LogP contribution in [-0.4, -0.2) is 13.4 Å². The van der Waals surface area contributed by atoms with Crippen molar-refractivity contribution in [2.75, 3.05) is 0 Å². The lowest BCUT2D eigenvalue weighted by molar-refractivity contribution is 0.146. The molecule has 0 amide bonds. The van der Waals surface area contributed by atoms with Crippen molar-refractivity contribution in [1.82, 2.24) is 4.98 Å². The van der Waals surface area contributed by atoms with E-state index in [2.05, 4.69) is 4.98 Å². The molecule has 0 radical (unpaired) electrons. The van der Waals surface area contributed by atoms with Gasteiger partial charge < -0.3 is 0 Å². The Balaban J connectivity index is 3.52. The van der Waals surface area contributed by atoms with Crippen LogP contribution in [-0.2, 0) is 10.0 Å². The van der Waals surface area contributed by atoms with Crippen LogP contribution in [0.3, 0.4) is 0 Å². The molecule has 0 unspecified atom stereocenters. The molecule has 2 N–H and O–H groups in total. The second-order valence-electron chi connectivity index (χ2n) is 2.36. The molecule has 1 aromatic rings. The summed E-state index contributed by atoms with van der Waals surface area (Å²) in [6.45, 7) is 0. The largest absolute Gasteiger partial charge is 0.267 e. The lowest BCUT2D eigenvalue weighted by Crippen LogP contribution is -2.16. The van der Waals surface area contributed by atoms with Crippen molar-refractivity contribution in [2.24, 2.45) is 5.14 Å². The van der Waals surface area contributed by atoms with E-state index in [4.69, 9.17) is 5.14 Å². The summed E-state index contributed by atoms with van der Waals surface area (Å²) in [6.07, 6.45) is -1.79.